The van der Waals surface area contributed by atoms with E-state index >= 15 is 0 Å². The van der Waals surface area contributed by atoms with Crippen molar-refractivity contribution < 1.29 is 9.31 Å². The van der Waals surface area contributed by atoms with Gasteiger partial charge in [-0.3, -0.25) is 0 Å². The number of hydrogen-bond donors (Lipinski definition) is 1. The molecule has 0 bridgehead atoms. The minimum absolute atomic E-state index is 0.104. The molecule has 0 aliphatic heterocycles. The second kappa shape index (κ2) is 9.50. The summed E-state index contributed by atoms with van der Waals surface area (Å²) in [6.45, 7) is 0. The van der Waals surface area contributed by atoms with Crippen LogP contribution in [-0.2, 0) is 10.3 Å². The van der Waals surface area contributed by atoms with Crippen LogP contribution in [-0.4, -0.2) is 27.7 Å². The zero-order chi connectivity index (χ0) is 22.3. The highest BCUT2D eigenvalue weighted by Crippen LogP contribution is 2.41. The van der Waals surface area contributed by atoms with Gasteiger partial charge in [-0.1, -0.05) is 132 Å². The molecule has 0 spiro atoms. The first-order chi connectivity index (χ1) is 16.4. The summed E-state index contributed by atoms with van der Waals surface area (Å²) in [5.74, 6) is 0. The lowest BCUT2D eigenvalue weighted by molar-refractivity contribution is 0.130. The highest BCUT2D eigenvalue weighted by Gasteiger charge is 2.43. The molecule has 0 amide bonds. The van der Waals surface area contributed by atoms with Gasteiger partial charge in [0.15, 0.2) is 0 Å². The summed E-state index contributed by atoms with van der Waals surface area (Å²) < 4.78 is 13.1. The number of H-pyrrole nitrogens is 1. The van der Waals surface area contributed by atoms with Crippen molar-refractivity contribution in [3.05, 3.63) is 138 Å². The van der Waals surface area contributed by atoms with Crippen molar-refractivity contribution in [1.29, 1.82) is 0 Å². The van der Waals surface area contributed by atoms with Crippen LogP contribution in [0.2, 0.25) is 0 Å². The van der Waals surface area contributed by atoms with E-state index in [2.05, 4.69) is 57.0 Å². The summed E-state index contributed by atoms with van der Waals surface area (Å²) in [6.07, 6.45) is 0. The van der Waals surface area contributed by atoms with Crippen LogP contribution in [0.3, 0.4) is 0 Å². The van der Waals surface area contributed by atoms with Gasteiger partial charge in [0.1, 0.15) is 5.60 Å². The molecular weight excluding hydrogens is 411 g/mol. The molecule has 0 aliphatic carbocycles. The number of nitrogens with zero attached hydrogens (tertiary/aromatic N) is 3. The maximum absolute atomic E-state index is 7.01. The Hall–Kier alpha value is -4.23. The Morgan fingerprint density at radius 2 is 1.06 bits per heavy atom. The Balaban J connectivity index is 1.72. The van der Waals surface area contributed by atoms with Gasteiger partial charge in [0.25, 0.3) is 0 Å². The Morgan fingerprint density at radius 3 is 1.48 bits per heavy atom. The number of benzene rings is 4. The van der Waals surface area contributed by atoms with Gasteiger partial charge in [0.05, 0.1) is 0 Å². The molecule has 160 valence electrons. The topological polar surface area (TPSA) is 72.9 Å². The van der Waals surface area contributed by atoms with Crippen LogP contribution in [0.15, 0.2) is 121 Å². The highest BCUT2D eigenvalue weighted by molar-refractivity contribution is 6.62. The van der Waals surface area contributed by atoms with Crippen molar-refractivity contribution in [3.8, 4) is 6.01 Å². The molecule has 0 saturated heterocycles. The van der Waals surface area contributed by atoms with E-state index in [0.29, 0.717) is 0 Å². The van der Waals surface area contributed by atoms with Crippen LogP contribution in [0.5, 0.6) is 6.01 Å². The summed E-state index contributed by atoms with van der Waals surface area (Å²) in [5.41, 5.74) is 2.78. The van der Waals surface area contributed by atoms with E-state index in [-0.39, 0.29) is 6.01 Å². The minimum Gasteiger partial charge on any atom is -0.501 e. The van der Waals surface area contributed by atoms with Crippen molar-refractivity contribution >= 4 is 12.6 Å². The second-order valence-electron chi connectivity index (χ2n) is 7.45. The number of aromatic amines is 1. The lowest BCUT2D eigenvalue weighted by Gasteiger charge is -2.37. The number of rotatable bonds is 8. The minimum atomic E-state index is -0.964. The van der Waals surface area contributed by atoms with E-state index in [4.69, 9.17) is 9.31 Å². The number of nitrogens with one attached hydrogen (secondary N) is 1. The molecule has 1 N–H and O–H groups in total. The van der Waals surface area contributed by atoms with Crippen LogP contribution in [0, 0.1) is 0 Å². The maximum Gasteiger partial charge on any atom is 0.566 e. The lowest BCUT2D eigenvalue weighted by Crippen LogP contribution is -2.48. The summed E-state index contributed by atoms with van der Waals surface area (Å²) in [6, 6.07) is 40.3. The number of tetrazole rings is 1. The normalized spacial score (nSPS) is 11.2. The SMILES string of the molecule is c1ccc(B(Oc2nn[nH]n2)OC(c2ccccc2)(c2ccccc2)c2ccccc2)cc1. The Morgan fingerprint density at radius 1 is 0.606 bits per heavy atom. The lowest BCUT2D eigenvalue weighted by atomic mass is 9.73. The van der Waals surface area contributed by atoms with E-state index < -0.39 is 12.7 Å². The third-order valence-electron chi connectivity index (χ3n) is 5.43. The molecule has 0 saturated carbocycles. The van der Waals surface area contributed by atoms with Crippen molar-refractivity contribution in [3.63, 3.8) is 0 Å². The quantitative estimate of drug-likeness (QED) is 0.297. The molecule has 1 aromatic heterocycles. The largest absolute Gasteiger partial charge is 0.566 e. The van der Waals surface area contributed by atoms with E-state index in [1.165, 1.54) is 0 Å². The average molecular weight is 432 g/mol. The van der Waals surface area contributed by atoms with Gasteiger partial charge in [-0.25, -0.2) is 0 Å². The Bertz CT molecular complexity index is 1160. The number of aromatic nitrogens is 4. The van der Waals surface area contributed by atoms with Crippen LogP contribution in [0.4, 0.5) is 0 Å². The molecule has 5 rings (SSSR count). The van der Waals surface area contributed by atoms with Gasteiger partial charge in [0.2, 0.25) is 0 Å². The van der Waals surface area contributed by atoms with Gasteiger partial charge in [-0.05, 0) is 27.4 Å². The fourth-order valence-corrected chi connectivity index (χ4v) is 3.95. The average Bonchev–Trinajstić information content (AvgIpc) is 3.42. The third kappa shape index (κ3) is 4.27. The van der Waals surface area contributed by atoms with Crippen molar-refractivity contribution in [2.75, 3.05) is 0 Å². The monoisotopic (exact) mass is 432 g/mol. The highest BCUT2D eigenvalue weighted by atomic mass is 16.6. The Kier molecular flexibility index (Phi) is 5.95. The molecule has 33 heavy (non-hydrogen) atoms. The molecule has 4 aromatic carbocycles. The Labute approximate surface area is 192 Å². The van der Waals surface area contributed by atoms with Crippen LogP contribution in [0.25, 0.3) is 0 Å². The van der Waals surface area contributed by atoms with Crippen molar-refractivity contribution in [2.24, 2.45) is 0 Å². The molecule has 0 fully saturated rings. The summed E-state index contributed by atoms with van der Waals surface area (Å²) in [4.78, 5) is 0. The van der Waals surface area contributed by atoms with Crippen molar-refractivity contribution in [1.82, 2.24) is 20.6 Å². The molecule has 0 radical (unpaired) electrons. The first-order valence-electron chi connectivity index (χ1n) is 10.7. The van der Waals surface area contributed by atoms with Gasteiger partial charge < -0.3 is 9.31 Å². The van der Waals surface area contributed by atoms with Crippen LogP contribution < -0.4 is 10.1 Å². The van der Waals surface area contributed by atoms with Gasteiger partial charge in [-0.15, -0.1) is 0 Å². The molecule has 1 heterocycles. The van der Waals surface area contributed by atoms with Gasteiger partial charge in [-0.2, -0.15) is 5.21 Å². The van der Waals surface area contributed by atoms with E-state index in [1.54, 1.807) is 0 Å². The first kappa shape index (κ1) is 20.7. The molecule has 0 aliphatic rings. The van der Waals surface area contributed by atoms with Crippen molar-refractivity contribution in [2.45, 2.75) is 5.60 Å². The van der Waals surface area contributed by atoms with Gasteiger partial charge >= 0.3 is 13.1 Å². The summed E-state index contributed by atoms with van der Waals surface area (Å²) in [7, 11) is -0.815. The second-order valence-corrected chi connectivity index (χ2v) is 7.45. The predicted molar refractivity (Wildman–Crippen MR) is 127 cm³/mol. The maximum atomic E-state index is 7.01. The molecule has 7 heteroatoms. The molecule has 5 aromatic rings. The predicted octanol–water partition coefficient (Wildman–Crippen LogP) is 3.98. The van der Waals surface area contributed by atoms with E-state index in [0.717, 1.165) is 22.2 Å². The van der Waals surface area contributed by atoms with Gasteiger partial charge in [0, 0.05) is 0 Å². The summed E-state index contributed by atoms with van der Waals surface area (Å²) in [5, 5.41) is 14.0. The third-order valence-corrected chi connectivity index (χ3v) is 5.43. The molecule has 6 nitrogen and oxygen atoms in total. The molecule has 0 unspecified atom stereocenters. The van der Waals surface area contributed by atoms with E-state index in [9.17, 15) is 0 Å². The standard InChI is InChI=1S/C26H21BN4O2/c1-5-13-21(14-6-1)26(22-15-7-2-8-16-22,23-17-9-3-10-18-23)33-27(24-19-11-4-12-20-24)32-25-28-30-31-29-25/h1-20H,(H,28,29,30,31). The fourth-order valence-electron chi connectivity index (χ4n) is 3.95. The van der Waals surface area contributed by atoms with Crippen LogP contribution >= 0.6 is 0 Å². The zero-order valence-corrected chi connectivity index (χ0v) is 17.8. The fraction of sp³-hybridized carbons (Fsp3) is 0.0385. The summed E-state index contributed by atoms with van der Waals surface area (Å²) >= 11 is 0. The first-order valence-corrected chi connectivity index (χ1v) is 10.7. The van der Waals surface area contributed by atoms with Crippen LogP contribution in [0.1, 0.15) is 16.7 Å². The smallest absolute Gasteiger partial charge is 0.501 e. The number of hydrogen-bond acceptors (Lipinski definition) is 5. The zero-order valence-electron chi connectivity index (χ0n) is 17.8. The van der Waals surface area contributed by atoms with E-state index in [1.807, 2.05) is 84.9 Å². The molecule has 0 atom stereocenters. The molecular formula is C26H21BN4O2.